The highest BCUT2D eigenvalue weighted by Crippen LogP contribution is 2.17. The minimum absolute atomic E-state index is 0.151. The molecule has 0 atom stereocenters. The summed E-state index contributed by atoms with van der Waals surface area (Å²) in [5.74, 6) is -0.385. The molecule has 19 heavy (non-hydrogen) atoms. The molecule has 10 heteroatoms. The van der Waals surface area contributed by atoms with Crippen LogP contribution >= 0.6 is 0 Å². The number of benzene rings is 1. The van der Waals surface area contributed by atoms with E-state index in [-0.39, 0.29) is 22.5 Å². The Kier molecular flexibility index (Phi) is 2.94. The normalized spacial score (nSPS) is 11.4. The maximum Gasteiger partial charge on any atom is 0.292 e. The lowest BCUT2D eigenvalue weighted by Crippen LogP contribution is -2.20. The Hall–Kier alpha value is -2.49. The van der Waals surface area contributed by atoms with Gasteiger partial charge in [0.1, 0.15) is 0 Å². The first-order chi connectivity index (χ1) is 8.76. The number of non-ortho nitro benzene ring substituents is 1. The Morgan fingerprint density at radius 1 is 1.42 bits per heavy atom. The van der Waals surface area contributed by atoms with Crippen molar-refractivity contribution in [1.29, 1.82) is 0 Å². The van der Waals surface area contributed by atoms with Gasteiger partial charge in [0.15, 0.2) is 0 Å². The van der Waals surface area contributed by atoms with E-state index in [9.17, 15) is 23.3 Å². The molecule has 9 nitrogen and oxygen atoms in total. The lowest BCUT2D eigenvalue weighted by atomic mass is 10.2. The van der Waals surface area contributed by atoms with Crippen LogP contribution in [0.3, 0.4) is 0 Å². The van der Waals surface area contributed by atoms with Crippen molar-refractivity contribution in [2.75, 3.05) is 11.0 Å². The summed E-state index contributed by atoms with van der Waals surface area (Å²) in [5.41, 5.74) is -0.596. The second-order valence-electron chi connectivity index (χ2n) is 3.75. The van der Waals surface area contributed by atoms with Gasteiger partial charge in [-0.2, -0.15) is 0 Å². The number of aromatic amines is 1. The van der Waals surface area contributed by atoms with Crippen LogP contribution in [0.25, 0.3) is 11.0 Å². The molecule has 2 rings (SSSR count). The summed E-state index contributed by atoms with van der Waals surface area (Å²) < 4.78 is 24.0. The largest absolute Gasteiger partial charge is 0.317 e. The van der Waals surface area contributed by atoms with Crippen molar-refractivity contribution < 1.29 is 13.3 Å². The fourth-order valence-corrected chi connectivity index (χ4v) is 1.92. The van der Waals surface area contributed by atoms with E-state index in [4.69, 9.17) is 0 Å². The number of rotatable bonds is 3. The second kappa shape index (κ2) is 4.31. The lowest BCUT2D eigenvalue weighted by Gasteiger charge is -2.03. The van der Waals surface area contributed by atoms with Crippen LogP contribution in [0.5, 0.6) is 0 Å². The second-order valence-corrected chi connectivity index (χ2v) is 5.50. The van der Waals surface area contributed by atoms with Gasteiger partial charge in [0.25, 0.3) is 11.2 Å². The van der Waals surface area contributed by atoms with Gasteiger partial charge < -0.3 is 4.98 Å². The van der Waals surface area contributed by atoms with E-state index >= 15 is 0 Å². The Morgan fingerprint density at radius 3 is 2.68 bits per heavy atom. The molecule has 0 spiro atoms. The average molecular weight is 284 g/mol. The van der Waals surface area contributed by atoms with Crippen molar-refractivity contribution in [2.45, 2.75) is 0 Å². The molecule has 0 bridgehead atoms. The predicted molar refractivity (Wildman–Crippen MR) is 67.5 cm³/mol. The molecule has 0 amide bonds. The zero-order valence-electron chi connectivity index (χ0n) is 9.58. The lowest BCUT2D eigenvalue weighted by molar-refractivity contribution is -0.384. The van der Waals surface area contributed by atoms with Crippen molar-refractivity contribution in [2.24, 2.45) is 0 Å². The quantitative estimate of drug-likeness (QED) is 0.610. The molecule has 2 N–H and O–H groups in total. The summed E-state index contributed by atoms with van der Waals surface area (Å²) in [4.78, 5) is 27.7. The van der Waals surface area contributed by atoms with E-state index in [0.29, 0.717) is 0 Å². The first-order valence-electron chi connectivity index (χ1n) is 4.92. The van der Waals surface area contributed by atoms with Crippen LogP contribution in [0.1, 0.15) is 0 Å². The number of nitrogens with one attached hydrogen (secondary N) is 2. The molecule has 1 heterocycles. The van der Waals surface area contributed by atoms with Crippen molar-refractivity contribution in [3.63, 3.8) is 0 Å². The number of anilines is 1. The molecule has 2 aromatic rings. The van der Waals surface area contributed by atoms with Crippen LogP contribution in [0.4, 0.5) is 11.5 Å². The van der Waals surface area contributed by atoms with E-state index in [2.05, 4.69) is 9.97 Å². The molecule has 0 saturated carbocycles. The van der Waals surface area contributed by atoms with Crippen LogP contribution in [0.15, 0.2) is 23.0 Å². The van der Waals surface area contributed by atoms with Crippen molar-refractivity contribution in [3.8, 4) is 0 Å². The maximum atomic E-state index is 11.6. The smallest absolute Gasteiger partial charge is 0.292 e. The van der Waals surface area contributed by atoms with E-state index in [1.807, 2.05) is 4.72 Å². The molecular formula is C9H8N4O5S. The van der Waals surface area contributed by atoms with Crippen molar-refractivity contribution >= 4 is 32.6 Å². The summed E-state index contributed by atoms with van der Waals surface area (Å²) in [5, 5.41) is 10.6. The minimum Gasteiger partial charge on any atom is -0.317 e. The number of nitrogens with zero attached hydrogens (tertiary/aromatic N) is 2. The highest BCUT2D eigenvalue weighted by atomic mass is 32.2. The molecule has 100 valence electrons. The van der Waals surface area contributed by atoms with Gasteiger partial charge in [-0.3, -0.25) is 19.6 Å². The Morgan fingerprint density at radius 2 is 2.11 bits per heavy atom. The number of H-pyrrole nitrogens is 1. The third kappa shape index (κ3) is 2.85. The van der Waals surface area contributed by atoms with Gasteiger partial charge in [-0.25, -0.2) is 13.4 Å². The molecule has 1 aromatic heterocycles. The predicted octanol–water partition coefficient (Wildman–Crippen LogP) is 0.203. The molecule has 0 aliphatic carbocycles. The fraction of sp³-hybridized carbons (Fsp3) is 0.111. The molecule has 0 aliphatic heterocycles. The van der Waals surface area contributed by atoms with Crippen LogP contribution in [-0.4, -0.2) is 29.6 Å². The number of fused-ring (bicyclic) bond motifs is 1. The molecule has 0 aliphatic rings. The molecule has 1 aromatic carbocycles. The van der Waals surface area contributed by atoms with Gasteiger partial charge in [0.2, 0.25) is 15.8 Å². The van der Waals surface area contributed by atoms with Crippen LogP contribution in [0.2, 0.25) is 0 Å². The topological polar surface area (TPSA) is 135 Å². The Bertz CT molecular complexity index is 826. The van der Waals surface area contributed by atoms with Gasteiger partial charge in [0.05, 0.1) is 22.2 Å². The van der Waals surface area contributed by atoms with Crippen LogP contribution in [-0.2, 0) is 10.0 Å². The molecule has 0 saturated heterocycles. The Balaban J connectivity index is 2.62. The highest BCUT2D eigenvalue weighted by molar-refractivity contribution is 7.92. The SMILES string of the molecule is CS(=O)(=O)Nc1nc2ccc([N+](=O)[O-])cc2[nH]c1=O. The third-order valence-corrected chi connectivity index (χ3v) is 2.73. The van der Waals surface area contributed by atoms with Crippen molar-refractivity contribution in [3.05, 3.63) is 38.7 Å². The zero-order chi connectivity index (χ0) is 14.2. The summed E-state index contributed by atoms with van der Waals surface area (Å²) in [6.45, 7) is 0. The Labute approximate surface area is 106 Å². The number of sulfonamides is 1. The van der Waals surface area contributed by atoms with Gasteiger partial charge in [0, 0.05) is 12.1 Å². The summed E-state index contributed by atoms with van der Waals surface area (Å²) in [7, 11) is -3.63. The van der Waals surface area contributed by atoms with E-state index in [1.165, 1.54) is 12.1 Å². The van der Waals surface area contributed by atoms with Gasteiger partial charge in [-0.1, -0.05) is 0 Å². The summed E-state index contributed by atoms with van der Waals surface area (Å²) in [6.07, 6.45) is 0.883. The minimum atomic E-state index is -3.63. The van der Waals surface area contributed by atoms with E-state index in [1.54, 1.807) is 0 Å². The van der Waals surface area contributed by atoms with Crippen LogP contribution in [0, 0.1) is 10.1 Å². The number of hydrogen-bond donors (Lipinski definition) is 2. The van der Waals surface area contributed by atoms with E-state index in [0.717, 1.165) is 12.3 Å². The fourth-order valence-electron chi connectivity index (χ4n) is 1.43. The van der Waals surface area contributed by atoms with Gasteiger partial charge in [-0.05, 0) is 6.07 Å². The first kappa shape index (κ1) is 13.0. The maximum absolute atomic E-state index is 11.6. The molecule has 0 radical (unpaired) electrons. The average Bonchev–Trinajstić information content (AvgIpc) is 2.27. The van der Waals surface area contributed by atoms with Crippen LogP contribution < -0.4 is 10.3 Å². The molecule has 0 unspecified atom stereocenters. The van der Waals surface area contributed by atoms with Gasteiger partial charge >= 0.3 is 0 Å². The monoisotopic (exact) mass is 284 g/mol. The number of nitro groups is 1. The standard InChI is InChI=1S/C9H8N4O5S/c1-19(17,18)12-8-9(14)11-7-4-5(13(15)16)2-3-6(7)10-8/h2-4H,1H3,(H,10,12)(H,11,14). The summed E-state index contributed by atoms with van der Waals surface area (Å²) >= 11 is 0. The number of aromatic nitrogens is 2. The first-order valence-corrected chi connectivity index (χ1v) is 6.82. The number of nitro benzene ring substituents is 1. The zero-order valence-corrected chi connectivity index (χ0v) is 10.4. The molecule has 0 fully saturated rings. The summed E-state index contributed by atoms with van der Waals surface area (Å²) in [6, 6.07) is 3.67. The highest BCUT2D eigenvalue weighted by Gasteiger charge is 2.12. The molecular weight excluding hydrogens is 276 g/mol. The van der Waals surface area contributed by atoms with E-state index < -0.39 is 20.5 Å². The van der Waals surface area contributed by atoms with Gasteiger partial charge in [-0.15, -0.1) is 0 Å². The number of hydrogen-bond acceptors (Lipinski definition) is 6. The van der Waals surface area contributed by atoms with Crippen molar-refractivity contribution in [1.82, 2.24) is 9.97 Å². The third-order valence-electron chi connectivity index (χ3n) is 2.17.